The summed E-state index contributed by atoms with van der Waals surface area (Å²) < 4.78 is 5.30. The van der Waals surface area contributed by atoms with Crippen molar-refractivity contribution in [3.63, 3.8) is 0 Å². The number of allylic oxidation sites excluding steroid dienone is 1. The summed E-state index contributed by atoms with van der Waals surface area (Å²) in [4.78, 5) is 29.9. The monoisotopic (exact) mass is 498 g/mol. The Morgan fingerprint density at radius 1 is 1.26 bits per heavy atom. The maximum Gasteiger partial charge on any atom is 0.213 e. The molecule has 0 saturated carbocycles. The van der Waals surface area contributed by atoms with Crippen molar-refractivity contribution in [3.8, 4) is 5.88 Å². The Bertz CT molecular complexity index is 1210. The third-order valence-corrected chi connectivity index (χ3v) is 8.82. The van der Waals surface area contributed by atoms with Gasteiger partial charge in [0.25, 0.3) is 0 Å². The van der Waals surface area contributed by atoms with Gasteiger partial charge in [0.15, 0.2) is 5.78 Å². The fraction of sp³-hybridized carbons (Fsp3) is 0.417. The third-order valence-electron chi connectivity index (χ3n) is 7.23. The molecule has 0 aromatic carbocycles. The molecule has 178 valence electrons. The first-order chi connectivity index (χ1) is 16.3. The van der Waals surface area contributed by atoms with E-state index in [0.717, 1.165) is 49.4 Å². The Hall–Kier alpha value is -2.62. The van der Waals surface area contributed by atoms with E-state index in [4.69, 9.17) is 32.8 Å². The van der Waals surface area contributed by atoms with Crippen LogP contribution in [0.5, 0.6) is 5.88 Å². The van der Waals surface area contributed by atoms with Crippen LogP contribution in [-0.2, 0) is 11.2 Å². The van der Waals surface area contributed by atoms with Crippen LogP contribution >= 0.6 is 23.4 Å². The number of fused-ring (bicyclic) bond motifs is 1. The summed E-state index contributed by atoms with van der Waals surface area (Å²) >= 11 is 7.53. The van der Waals surface area contributed by atoms with E-state index in [0.29, 0.717) is 20.7 Å². The number of carbonyl (C=O) groups excluding carboxylic acids is 1. The Labute approximate surface area is 207 Å². The van der Waals surface area contributed by atoms with Crippen LogP contribution in [0.25, 0.3) is 0 Å². The number of anilines is 1. The molecule has 0 bridgehead atoms. The third kappa shape index (κ3) is 3.85. The van der Waals surface area contributed by atoms with Gasteiger partial charge < -0.3 is 21.1 Å². The summed E-state index contributed by atoms with van der Waals surface area (Å²) in [5.74, 6) is 1.38. The number of ether oxygens (including phenoxy) is 1. The van der Waals surface area contributed by atoms with Gasteiger partial charge >= 0.3 is 0 Å². The molecule has 2 aliphatic heterocycles. The number of piperidine rings is 1. The number of hydrogen-bond acceptors (Lipinski definition) is 9. The molecule has 2 atom stereocenters. The smallest absolute Gasteiger partial charge is 0.213 e. The first kappa shape index (κ1) is 23.1. The minimum Gasteiger partial charge on any atom is -0.481 e. The number of hydrogen-bond donors (Lipinski definition) is 2. The van der Waals surface area contributed by atoms with Crippen LogP contribution in [0.4, 0.5) is 5.82 Å². The highest BCUT2D eigenvalue weighted by Crippen LogP contribution is 2.50. The molecule has 5 rings (SSSR count). The van der Waals surface area contributed by atoms with E-state index in [-0.39, 0.29) is 29.0 Å². The van der Waals surface area contributed by atoms with E-state index in [1.165, 1.54) is 11.8 Å². The number of nitrogen functional groups attached to an aromatic ring is 1. The summed E-state index contributed by atoms with van der Waals surface area (Å²) in [6, 6.07) is 5.63. The summed E-state index contributed by atoms with van der Waals surface area (Å²) in [7, 11) is 1.63. The Morgan fingerprint density at radius 3 is 2.76 bits per heavy atom. The van der Waals surface area contributed by atoms with Gasteiger partial charge in [-0.15, -0.1) is 0 Å². The van der Waals surface area contributed by atoms with Crippen molar-refractivity contribution in [2.45, 2.75) is 37.1 Å². The number of pyridine rings is 2. The maximum absolute atomic E-state index is 13.2. The number of aliphatic imine (C=N–C) groups is 1. The van der Waals surface area contributed by atoms with Crippen molar-refractivity contribution in [1.29, 1.82) is 0 Å². The summed E-state index contributed by atoms with van der Waals surface area (Å²) in [5.41, 5.74) is 14.7. The van der Waals surface area contributed by atoms with Crippen LogP contribution < -0.4 is 16.2 Å². The van der Waals surface area contributed by atoms with Gasteiger partial charge in [0, 0.05) is 48.2 Å². The average molecular weight is 499 g/mol. The van der Waals surface area contributed by atoms with E-state index in [9.17, 15) is 4.79 Å². The minimum atomic E-state index is -0.333. The molecule has 0 radical (unpaired) electrons. The zero-order valence-electron chi connectivity index (χ0n) is 19.1. The molecule has 2 aromatic heterocycles. The van der Waals surface area contributed by atoms with Gasteiger partial charge in [-0.1, -0.05) is 29.4 Å². The topological polar surface area (TPSA) is 120 Å². The Kier molecular flexibility index (Phi) is 6.03. The predicted molar refractivity (Wildman–Crippen MR) is 134 cm³/mol. The van der Waals surface area contributed by atoms with Crippen LogP contribution in [0.3, 0.4) is 0 Å². The van der Waals surface area contributed by atoms with Crippen LogP contribution in [0.15, 0.2) is 45.4 Å². The summed E-state index contributed by atoms with van der Waals surface area (Å²) in [6.45, 7) is 3.52. The summed E-state index contributed by atoms with van der Waals surface area (Å²) in [5, 5.41) is 0.353. The molecule has 4 heterocycles. The molecule has 1 aliphatic carbocycles. The van der Waals surface area contributed by atoms with Gasteiger partial charge in [-0.25, -0.2) is 15.0 Å². The Morgan fingerprint density at radius 2 is 2.03 bits per heavy atom. The zero-order valence-corrected chi connectivity index (χ0v) is 20.7. The molecule has 0 amide bonds. The van der Waals surface area contributed by atoms with Gasteiger partial charge in [-0.2, -0.15) is 0 Å². The van der Waals surface area contributed by atoms with E-state index >= 15 is 0 Å². The van der Waals surface area contributed by atoms with E-state index < -0.39 is 0 Å². The second-order valence-corrected chi connectivity index (χ2v) is 10.5. The van der Waals surface area contributed by atoms with Crippen LogP contribution in [0.1, 0.15) is 37.1 Å². The number of thioether (sulfide) groups is 1. The van der Waals surface area contributed by atoms with Crippen molar-refractivity contribution in [2.75, 3.05) is 25.9 Å². The fourth-order valence-electron chi connectivity index (χ4n) is 5.17. The quantitative estimate of drug-likeness (QED) is 0.658. The van der Waals surface area contributed by atoms with E-state index in [1.807, 2.05) is 19.1 Å². The molecular formula is C24H27ClN6O2S. The molecule has 1 saturated heterocycles. The number of aromatic nitrogens is 2. The molecule has 8 nitrogen and oxygen atoms in total. The number of nitrogens with zero attached hydrogens (tertiary/aromatic N) is 4. The number of nitrogens with two attached hydrogens (primary N) is 2. The molecule has 1 spiro atoms. The van der Waals surface area contributed by atoms with E-state index in [2.05, 4.69) is 14.9 Å². The first-order valence-electron chi connectivity index (χ1n) is 11.3. The lowest BCUT2D eigenvalue weighted by atomic mass is 9.73. The molecule has 1 fully saturated rings. The van der Waals surface area contributed by atoms with Crippen LogP contribution in [-0.4, -0.2) is 46.7 Å². The number of likely N-dealkylation sites (tertiary alicyclic amines) is 1. The van der Waals surface area contributed by atoms with Gasteiger partial charge in [-0.3, -0.25) is 4.79 Å². The van der Waals surface area contributed by atoms with Gasteiger partial charge in [-0.05, 0) is 43.2 Å². The molecule has 10 heteroatoms. The number of Topliss-reactive ketones (excluding diaryl/α,β-unsaturated/α-hetero) is 1. The van der Waals surface area contributed by atoms with E-state index in [1.54, 1.807) is 25.6 Å². The van der Waals surface area contributed by atoms with Crippen LogP contribution in [0.2, 0.25) is 5.02 Å². The lowest BCUT2D eigenvalue weighted by molar-refractivity contribution is -0.116. The minimum absolute atomic E-state index is 0.0183. The van der Waals surface area contributed by atoms with Crippen LogP contribution in [0, 0.1) is 11.3 Å². The number of methoxy groups -OCH3 is 1. The maximum atomic E-state index is 13.2. The highest BCUT2D eigenvalue weighted by atomic mass is 35.5. The van der Waals surface area contributed by atoms with Gasteiger partial charge in [0.2, 0.25) is 5.88 Å². The lowest BCUT2D eigenvalue weighted by Crippen LogP contribution is -2.49. The lowest BCUT2D eigenvalue weighted by Gasteiger charge is -2.44. The van der Waals surface area contributed by atoms with Crippen molar-refractivity contribution in [3.05, 3.63) is 51.8 Å². The summed E-state index contributed by atoms with van der Waals surface area (Å²) in [6.07, 6.45) is 5.92. The molecule has 3 aliphatic rings. The second kappa shape index (κ2) is 8.87. The number of ketones is 1. The highest BCUT2D eigenvalue weighted by molar-refractivity contribution is 8.04. The first-order valence-corrected chi connectivity index (χ1v) is 12.5. The fourth-order valence-corrected chi connectivity index (χ4v) is 6.34. The van der Waals surface area contributed by atoms with Crippen molar-refractivity contribution in [1.82, 2.24) is 14.9 Å². The number of halogens is 1. The molecule has 34 heavy (non-hydrogen) atoms. The normalized spacial score (nSPS) is 23.5. The zero-order chi connectivity index (χ0) is 24.0. The number of carbonyl (C=O) groups is 1. The Balaban J connectivity index is 1.30. The average Bonchev–Trinajstić information content (AvgIpc) is 3.11. The van der Waals surface area contributed by atoms with Crippen molar-refractivity contribution in [2.24, 2.45) is 22.1 Å². The number of amidine groups is 1. The van der Waals surface area contributed by atoms with Gasteiger partial charge in [0.1, 0.15) is 11.7 Å². The molecular weight excluding hydrogens is 472 g/mol. The van der Waals surface area contributed by atoms with Gasteiger partial charge in [0.05, 0.1) is 23.0 Å². The SMILES string of the molecule is COc1ccc2c(n1)CC1(CCN(C3=NC=C(Sc4ccnc(N)c4Cl)C(=O)[C@H]3C)CC1)C2N. The highest BCUT2D eigenvalue weighted by Gasteiger charge is 2.47. The molecule has 4 N–H and O–H groups in total. The second-order valence-electron chi connectivity index (χ2n) is 9.07. The molecule has 2 aromatic rings. The predicted octanol–water partition coefficient (Wildman–Crippen LogP) is 3.61. The number of rotatable bonds is 3. The standard InChI is InChI=1S/C24H27ClN6O2S/c1-13-20(32)17(34-16-5-8-28-22(27)19(16)25)12-29-23(13)31-9-6-24(7-10-31)11-15-14(21(24)26)3-4-18(30-15)33-2/h3-5,8,12-13,21H,6-7,9-11,26H2,1-2H3,(H2,27,28)/t13-,21?/m1/s1. The van der Waals surface area contributed by atoms with Crippen molar-refractivity contribution >= 4 is 40.8 Å². The largest absolute Gasteiger partial charge is 0.481 e. The van der Waals surface area contributed by atoms with Crippen molar-refractivity contribution < 1.29 is 9.53 Å². The molecule has 1 unspecified atom stereocenters.